The van der Waals surface area contributed by atoms with E-state index < -0.39 is 11.7 Å². The first kappa shape index (κ1) is 14.6. The molecule has 1 saturated carbocycles. The van der Waals surface area contributed by atoms with E-state index in [4.69, 9.17) is 4.74 Å². The molecule has 0 atom stereocenters. The predicted molar refractivity (Wildman–Crippen MR) is 70.6 cm³/mol. The smallest absolute Gasteiger partial charge is 0.315 e. The van der Waals surface area contributed by atoms with Gasteiger partial charge < -0.3 is 15.4 Å². The van der Waals surface area contributed by atoms with Gasteiger partial charge in [-0.05, 0) is 18.9 Å². The van der Waals surface area contributed by atoms with Gasteiger partial charge in [-0.2, -0.15) is 4.39 Å². The maximum absolute atomic E-state index is 13.8. The Bertz CT molecular complexity index is 496. The summed E-state index contributed by atoms with van der Waals surface area (Å²) in [6.07, 6.45) is 1.99. The van der Waals surface area contributed by atoms with Crippen LogP contribution in [0.15, 0.2) is 18.2 Å². The molecule has 110 valence electrons. The minimum Gasteiger partial charge on any atom is -0.458 e. The molecule has 1 fully saturated rings. The predicted octanol–water partition coefficient (Wildman–Crippen LogP) is 2.87. The number of benzene rings is 1. The molecule has 2 amide bonds. The van der Waals surface area contributed by atoms with Crippen LogP contribution in [-0.2, 0) is 6.54 Å². The first-order valence-electron chi connectivity index (χ1n) is 6.54. The Morgan fingerprint density at radius 3 is 2.70 bits per heavy atom. The summed E-state index contributed by atoms with van der Waals surface area (Å²) >= 11 is 0. The van der Waals surface area contributed by atoms with Gasteiger partial charge in [0.05, 0.1) is 0 Å². The lowest BCUT2D eigenvalue weighted by atomic mass is 10.2. The molecular weight excluding hydrogens is 266 g/mol. The second-order valence-corrected chi connectivity index (χ2v) is 5.32. The summed E-state index contributed by atoms with van der Waals surface area (Å²) in [5.41, 5.74) is 0.319. The third-order valence-electron chi connectivity index (χ3n) is 2.74. The second-order valence-electron chi connectivity index (χ2n) is 5.32. The number of alkyl halides is 1. The van der Waals surface area contributed by atoms with Crippen LogP contribution < -0.4 is 15.4 Å². The lowest BCUT2D eigenvalue weighted by Crippen LogP contribution is -2.36. The first-order valence-corrected chi connectivity index (χ1v) is 6.54. The van der Waals surface area contributed by atoms with E-state index in [0.29, 0.717) is 5.56 Å². The third-order valence-corrected chi connectivity index (χ3v) is 2.74. The zero-order chi connectivity index (χ0) is 14.8. The molecule has 1 aromatic rings. The van der Waals surface area contributed by atoms with E-state index in [0.717, 1.165) is 18.9 Å². The van der Waals surface area contributed by atoms with E-state index >= 15 is 0 Å². The number of nitrogens with one attached hydrogen (secondary N) is 2. The fourth-order valence-electron chi connectivity index (χ4n) is 1.65. The average Bonchev–Trinajstić information content (AvgIpc) is 3.09. The van der Waals surface area contributed by atoms with E-state index in [1.165, 1.54) is 26.0 Å². The van der Waals surface area contributed by atoms with Gasteiger partial charge in [0.15, 0.2) is 0 Å². The van der Waals surface area contributed by atoms with Crippen LogP contribution in [0.1, 0.15) is 32.3 Å². The lowest BCUT2D eigenvalue weighted by Gasteiger charge is -2.17. The highest BCUT2D eigenvalue weighted by atomic mass is 19.2. The normalized spacial score (nSPS) is 14.8. The third kappa shape index (κ3) is 4.68. The number of rotatable bonds is 5. The molecular formula is C14H18F2N2O2. The molecule has 1 aromatic carbocycles. The van der Waals surface area contributed by atoms with Gasteiger partial charge in [0.1, 0.15) is 11.6 Å². The maximum atomic E-state index is 13.8. The molecule has 2 rings (SSSR count). The molecule has 20 heavy (non-hydrogen) atoms. The van der Waals surface area contributed by atoms with Gasteiger partial charge in [-0.1, -0.05) is 6.07 Å². The number of carbonyl (C=O) groups excluding carboxylic acids is 1. The van der Waals surface area contributed by atoms with Gasteiger partial charge >= 0.3 is 6.03 Å². The van der Waals surface area contributed by atoms with E-state index in [1.54, 1.807) is 0 Å². The topological polar surface area (TPSA) is 50.4 Å². The van der Waals surface area contributed by atoms with Crippen molar-refractivity contribution in [2.75, 3.05) is 0 Å². The minimum absolute atomic E-state index is 0.0731. The fourth-order valence-corrected chi connectivity index (χ4v) is 1.65. The second kappa shape index (κ2) is 5.64. The average molecular weight is 284 g/mol. The summed E-state index contributed by atoms with van der Waals surface area (Å²) in [7, 11) is 0. The molecule has 0 unspecified atom stereocenters. The molecule has 1 aliphatic rings. The highest BCUT2D eigenvalue weighted by Crippen LogP contribution is 2.22. The van der Waals surface area contributed by atoms with Crippen LogP contribution >= 0.6 is 0 Å². The van der Waals surface area contributed by atoms with Crippen molar-refractivity contribution in [3.8, 4) is 5.75 Å². The molecule has 0 heterocycles. The summed E-state index contributed by atoms with van der Waals surface area (Å²) in [5, 5.41) is 5.31. The van der Waals surface area contributed by atoms with Crippen LogP contribution in [0, 0.1) is 5.82 Å². The molecule has 2 N–H and O–H groups in total. The molecule has 0 spiro atoms. The number of hydrogen-bond donors (Lipinski definition) is 2. The lowest BCUT2D eigenvalue weighted by molar-refractivity contribution is -0.0259. The zero-order valence-corrected chi connectivity index (χ0v) is 11.5. The quantitative estimate of drug-likeness (QED) is 0.873. The van der Waals surface area contributed by atoms with E-state index in [-0.39, 0.29) is 24.4 Å². The van der Waals surface area contributed by atoms with Gasteiger partial charge in [-0.3, -0.25) is 0 Å². The SMILES string of the molecule is CC(C)(F)Oc1ccc(CNC(=O)NC2CC2)c(F)c1. The summed E-state index contributed by atoms with van der Waals surface area (Å²) in [4.78, 5) is 11.4. The van der Waals surface area contributed by atoms with Crippen LogP contribution in [-0.4, -0.2) is 17.9 Å². The number of carbonyl (C=O) groups is 1. The Balaban J connectivity index is 1.89. The monoisotopic (exact) mass is 284 g/mol. The molecule has 0 saturated heterocycles. The van der Waals surface area contributed by atoms with Crippen LogP contribution in [0.4, 0.5) is 13.6 Å². The van der Waals surface area contributed by atoms with Crippen molar-refractivity contribution in [1.82, 2.24) is 10.6 Å². The van der Waals surface area contributed by atoms with Crippen molar-refractivity contribution in [3.63, 3.8) is 0 Å². The van der Waals surface area contributed by atoms with Crippen molar-refractivity contribution in [1.29, 1.82) is 0 Å². The highest BCUT2D eigenvalue weighted by molar-refractivity contribution is 5.74. The van der Waals surface area contributed by atoms with Crippen LogP contribution in [0.25, 0.3) is 0 Å². The molecule has 1 aliphatic carbocycles. The molecule has 0 radical (unpaired) electrons. The van der Waals surface area contributed by atoms with E-state index in [2.05, 4.69) is 10.6 Å². The van der Waals surface area contributed by atoms with Crippen molar-refractivity contribution >= 4 is 6.03 Å². The van der Waals surface area contributed by atoms with Crippen molar-refractivity contribution in [3.05, 3.63) is 29.6 Å². The molecule has 0 bridgehead atoms. The Hall–Kier alpha value is -1.85. The summed E-state index contributed by atoms with van der Waals surface area (Å²) in [5.74, 6) is -2.30. The van der Waals surface area contributed by atoms with Gasteiger partial charge in [-0.15, -0.1) is 0 Å². The van der Waals surface area contributed by atoms with Gasteiger partial charge in [0.25, 0.3) is 0 Å². The van der Waals surface area contributed by atoms with Crippen molar-refractivity contribution < 1.29 is 18.3 Å². The zero-order valence-electron chi connectivity index (χ0n) is 11.5. The Labute approximate surface area is 116 Å². The minimum atomic E-state index is -1.86. The number of hydrogen-bond acceptors (Lipinski definition) is 2. The summed E-state index contributed by atoms with van der Waals surface area (Å²) in [6, 6.07) is 3.99. The molecule has 6 heteroatoms. The van der Waals surface area contributed by atoms with Crippen molar-refractivity contribution in [2.45, 2.75) is 45.1 Å². The molecule has 4 nitrogen and oxygen atoms in total. The number of amides is 2. The standard InChI is InChI=1S/C14H18F2N2O2/c1-14(2,16)20-11-6-3-9(12(15)7-11)8-17-13(19)18-10-4-5-10/h3,6-7,10H,4-5,8H2,1-2H3,(H2,17,18,19). The first-order chi connectivity index (χ1) is 9.33. The van der Waals surface area contributed by atoms with Crippen molar-refractivity contribution in [2.24, 2.45) is 0 Å². The number of ether oxygens (including phenoxy) is 1. The van der Waals surface area contributed by atoms with Gasteiger partial charge in [0, 0.05) is 38.1 Å². The number of halogens is 2. The fraction of sp³-hybridized carbons (Fsp3) is 0.500. The van der Waals surface area contributed by atoms with Crippen LogP contribution in [0.3, 0.4) is 0 Å². The van der Waals surface area contributed by atoms with Crippen LogP contribution in [0.5, 0.6) is 5.75 Å². The van der Waals surface area contributed by atoms with Crippen LogP contribution in [0.2, 0.25) is 0 Å². The highest BCUT2D eigenvalue weighted by Gasteiger charge is 2.23. The van der Waals surface area contributed by atoms with Gasteiger partial charge in [-0.25, -0.2) is 9.18 Å². The maximum Gasteiger partial charge on any atom is 0.315 e. The summed E-state index contributed by atoms with van der Waals surface area (Å²) in [6.45, 7) is 2.55. The Morgan fingerprint density at radius 2 is 2.15 bits per heavy atom. The molecule has 0 aromatic heterocycles. The van der Waals surface area contributed by atoms with Gasteiger partial charge in [0.2, 0.25) is 5.85 Å². The number of urea groups is 1. The largest absolute Gasteiger partial charge is 0.458 e. The Kier molecular flexibility index (Phi) is 4.11. The van der Waals surface area contributed by atoms with E-state index in [1.807, 2.05) is 0 Å². The summed E-state index contributed by atoms with van der Waals surface area (Å²) < 4.78 is 32.0. The van der Waals surface area contributed by atoms with E-state index in [9.17, 15) is 13.6 Å². The molecule has 0 aliphatic heterocycles. The Morgan fingerprint density at radius 1 is 1.45 bits per heavy atom.